The fourth-order valence-corrected chi connectivity index (χ4v) is 3.11. The first-order chi connectivity index (χ1) is 9.60. The van der Waals surface area contributed by atoms with Crippen molar-refractivity contribution in [1.82, 2.24) is 5.32 Å². The van der Waals surface area contributed by atoms with E-state index in [9.17, 15) is 4.39 Å². The van der Waals surface area contributed by atoms with Crippen molar-refractivity contribution in [2.45, 2.75) is 24.8 Å². The Labute approximate surface area is 124 Å². The van der Waals surface area contributed by atoms with Crippen molar-refractivity contribution in [2.75, 3.05) is 12.8 Å². The fraction of sp³-hybridized carbons (Fsp3) is 0.294. The van der Waals surface area contributed by atoms with Crippen LogP contribution in [-0.2, 0) is 0 Å². The molecule has 0 radical (unpaired) electrons. The summed E-state index contributed by atoms with van der Waals surface area (Å²) in [4.78, 5) is 1.21. The average Bonchev–Trinajstić information content (AvgIpc) is 2.45. The Balaban J connectivity index is 2.09. The number of benzene rings is 2. The highest BCUT2D eigenvalue weighted by Gasteiger charge is 2.14. The minimum absolute atomic E-state index is 0.0150. The van der Waals surface area contributed by atoms with E-state index in [2.05, 4.69) is 36.5 Å². The van der Waals surface area contributed by atoms with Gasteiger partial charge in [0.15, 0.2) is 0 Å². The molecule has 2 aromatic carbocycles. The van der Waals surface area contributed by atoms with Gasteiger partial charge in [-0.05, 0) is 39.1 Å². The molecule has 3 heteroatoms. The highest BCUT2D eigenvalue weighted by molar-refractivity contribution is 7.99. The van der Waals surface area contributed by atoms with Crippen molar-refractivity contribution in [3.63, 3.8) is 0 Å². The molecule has 0 saturated heterocycles. The van der Waals surface area contributed by atoms with E-state index in [1.165, 1.54) is 10.5 Å². The Kier molecular flexibility index (Phi) is 5.21. The lowest BCUT2D eigenvalue weighted by atomic mass is 10.1. The van der Waals surface area contributed by atoms with E-state index >= 15 is 0 Å². The smallest absolute Gasteiger partial charge is 0.128 e. The SMILES string of the molecule is CNC(CSc1ccc(C)cc1)c1cc(C)ccc1F. The average molecular weight is 289 g/mol. The Bertz CT molecular complexity index is 566. The summed E-state index contributed by atoms with van der Waals surface area (Å²) in [7, 11) is 1.88. The summed E-state index contributed by atoms with van der Waals surface area (Å²) in [6.45, 7) is 4.07. The monoisotopic (exact) mass is 289 g/mol. The van der Waals surface area contributed by atoms with Gasteiger partial charge in [0.1, 0.15) is 5.82 Å². The second kappa shape index (κ2) is 6.91. The van der Waals surface area contributed by atoms with E-state index in [1.807, 2.05) is 20.0 Å². The summed E-state index contributed by atoms with van der Waals surface area (Å²) in [5, 5.41) is 3.21. The number of hydrogen-bond acceptors (Lipinski definition) is 2. The lowest BCUT2D eigenvalue weighted by molar-refractivity contribution is 0.565. The predicted octanol–water partition coefficient (Wildman–Crippen LogP) is 4.50. The number of nitrogens with one attached hydrogen (secondary N) is 1. The molecule has 106 valence electrons. The first kappa shape index (κ1) is 15.1. The molecule has 0 heterocycles. The van der Waals surface area contributed by atoms with Gasteiger partial charge in [-0.15, -0.1) is 11.8 Å². The fourth-order valence-electron chi connectivity index (χ4n) is 2.07. The maximum absolute atomic E-state index is 13.9. The van der Waals surface area contributed by atoms with Crippen LogP contribution in [0.25, 0.3) is 0 Å². The van der Waals surface area contributed by atoms with Crippen LogP contribution >= 0.6 is 11.8 Å². The molecule has 0 aliphatic rings. The molecule has 0 fully saturated rings. The zero-order chi connectivity index (χ0) is 14.5. The van der Waals surface area contributed by atoms with Crippen LogP contribution in [0.5, 0.6) is 0 Å². The minimum atomic E-state index is -0.139. The van der Waals surface area contributed by atoms with Gasteiger partial charge in [-0.1, -0.05) is 35.4 Å². The van der Waals surface area contributed by atoms with Gasteiger partial charge in [-0.3, -0.25) is 0 Å². The summed E-state index contributed by atoms with van der Waals surface area (Å²) in [6.07, 6.45) is 0. The molecule has 1 nitrogen and oxygen atoms in total. The van der Waals surface area contributed by atoms with Crippen LogP contribution in [0.1, 0.15) is 22.7 Å². The van der Waals surface area contributed by atoms with Gasteiger partial charge in [-0.25, -0.2) is 4.39 Å². The van der Waals surface area contributed by atoms with Crippen LogP contribution in [0.15, 0.2) is 47.4 Å². The zero-order valence-electron chi connectivity index (χ0n) is 12.1. The molecule has 2 rings (SSSR count). The third-order valence-corrected chi connectivity index (χ3v) is 4.42. The zero-order valence-corrected chi connectivity index (χ0v) is 12.9. The van der Waals surface area contributed by atoms with Crippen molar-refractivity contribution in [3.05, 3.63) is 65.0 Å². The van der Waals surface area contributed by atoms with Crippen LogP contribution < -0.4 is 5.32 Å². The normalized spacial score (nSPS) is 12.4. The molecule has 0 bridgehead atoms. The third-order valence-electron chi connectivity index (χ3n) is 3.31. The molecule has 0 aliphatic carbocycles. The minimum Gasteiger partial charge on any atom is -0.312 e. The van der Waals surface area contributed by atoms with Crippen molar-refractivity contribution >= 4 is 11.8 Å². The molecule has 1 atom stereocenters. The second-order valence-corrected chi connectivity index (χ2v) is 6.08. The van der Waals surface area contributed by atoms with Crippen molar-refractivity contribution in [2.24, 2.45) is 0 Å². The standard InChI is InChI=1S/C17H20FNS/c1-12-4-7-14(8-5-12)20-11-17(19-3)15-10-13(2)6-9-16(15)18/h4-10,17,19H,11H2,1-3H3. The number of thioether (sulfide) groups is 1. The maximum atomic E-state index is 13.9. The highest BCUT2D eigenvalue weighted by Crippen LogP contribution is 2.26. The second-order valence-electron chi connectivity index (χ2n) is 4.99. The Morgan fingerprint density at radius 1 is 1.05 bits per heavy atom. The summed E-state index contributed by atoms with van der Waals surface area (Å²) >= 11 is 1.74. The van der Waals surface area contributed by atoms with E-state index in [-0.39, 0.29) is 11.9 Å². The number of halogens is 1. The largest absolute Gasteiger partial charge is 0.312 e. The number of aryl methyl sites for hydroxylation is 2. The molecule has 1 unspecified atom stereocenters. The summed E-state index contributed by atoms with van der Waals surface area (Å²) in [5.74, 6) is 0.666. The van der Waals surface area contributed by atoms with Gasteiger partial charge >= 0.3 is 0 Å². The van der Waals surface area contributed by atoms with Crippen molar-refractivity contribution in [3.8, 4) is 0 Å². The van der Waals surface area contributed by atoms with Gasteiger partial charge in [0, 0.05) is 22.3 Å². The molecular formula is C17H20FNS. The Morgan fingerprint density at radius 2 is 1.70 bits per heavy atom. The van der Waals surface area contributed by atoms with Crippen LogP contribution in [0.3, 0.4) is 0 Å². The summed E-state index contributed by atoms with van der Waals surface area (Å²) < 4.78 is 13.9. The molecule has 20 heavy (non-hydrogen) atoms. The molecule has 0 amide bonds. The van der Waals surface area contributed by atoms with E-state index < -0.39 is 0 Å². The van der Waals surface area contributed by atoms with E-state index in [1.54, 1.807) is 23.9 Å². The van der Waals surface area contributed by atoms with Gasteiger partial charge in [0.2, 0.25) is 0 Å². The van der Waals surface area contributed by atoms with Gasteiger partial charge < -0.3 is 5.32 Å². The predicted molar refractivity (Wildman–Crippen MR) is 84.8 cm³/mol. The number of hydrogen-bond donors (Lipinski definition) is 1. The molecule has 0 spiro atoms. The summed E-state index contributed by atoms with van der Waals surface area (Å²) in [6, 6.07) is 13.7. The first-order valence-electron chi connectivity index (χ1n) is 6.73. The van der Waals surface area contributed by atoms with Crippen LogP contribution in [0.4, 0.5) is 4.39 Å². The van der Waals surface area contributed by atoms with E-state index in [0.29, 0.717) is 0 Å². The molecule has 0 aromatic heterocycles. The molecule has 0 aliphatic heterocycles. The van der Waals surface area contributed by atoms with Gasteiger partial charge in [0.25, 0.3) is 0 Å². The van der Waals surface area contributed by atoms with Crippen LogP contribution in [0.2, 0.25) is 0 Å². The highest BCUT2D eigenvalue weighted by atomic mass is 32.2. The molecule has 0 saturated carbocycles. The Morgan fingerprint density at radius 3 is 2.35 bits per heavy atom. The maximum Gasteiger partial charge on any atom is 0.128 e. The Hall–Kier alpha value is -1.32. The van der Waals surface area contributed by atoms with Crippen LogP contribution in [-0.4, -0.2) is 12.8 Å². The lowest BCUT2D eigenvalue weighted by Crippen LogP contribution is -2.20. The van der Waals surface area contributed by atoms with Gasteiger partial charge in [-0.2, -0.15) is 0 Å². The van der Waals surface area contributed by atoms with Gasteiger partial charge in [0.05, 0.1) is 0 Å². The number of rotatable bonds is 5. The van der Waals surface area contributed by atoms with E-state index in [0.717, 1.165) is 16.9 Å². The van der Waals surface area contributed by atoms with Crippen LogP contribution in [0, 0.1) is 19.7 Å². The molecular weight excluding hydrogens is 269 g/mol. The molecule has 2 aromatic rings. The van der Waals surface area contributed by atoms with E-state index in [4.69, 9.17) is 0 Å². The van der Waals surface area contributed by atoms with Crippen molar-refractivity contribution < 1.29 is 4.39 Å². The lowest BCUT2D eigenvalue weighted by Gasteiger charge is -2.17. The topological polar surface area (TPSA) is 12.0 Å². The molecule has 1 N–H and O–H groups in total. The third kappa shape index (κ3) is 3.84. The summed E-state index contributed by atoms with van der Waals surface area (Å²) in [5.41, 5.74) is 3.08. The quantitative estimate of drug-likeness (QED) is 0.814. The first-order valence-corrected chi connectivity index (χ1v) is 7.71. The van der Waals surface area contributed by atoms with Crippen molar-refractivity contribution in [1.29, 1.82) is 0 Å².